The lowest BCUT2D eigenvalue weighted by Crippen LogP contribution is -2.38. The Bertz CT molecular complexity index is 1650. The van der Waals surface area contributed by atoms with E-state index in [0.29, 0.717) is 28.7 Å². The monoisotopic (exact) mass is 563 g/mol. The third kappa shape index (κ3) is 5.81. The van der Waals surface area contributed by atoms with Crippen LogP contribution in [0.25, 0.3) is 22.0 Å². The number of fused-ring (bicyclic) bond motifs is 1. The van der Waals surface area contributed by atoms with Crippen molar-refractivity contribution < 1.29 is 0 Å². The summed E-state index contributed by atoms with van der Waals surface area (Å²) in [6.07, 6.45) is 6.11. The van der Waals surface area contributed by atoms with Crippen LogP contribution in [0.2, 0.25) is 5.02 Å². The average Bonchev–Trinajstić information content (AvgIpc) is 3.71. The van der Waals surface area contributed by atoms with Crippen LogP contribution in [0.15, 0.2) is 84.8 Å². The van der Waals surface area contributed by atoms with Crippen molar-refractivity contribution in [2.45, 2.75) is 45.7 Å². The summed E-state index contributed by atoms with van der Waals surface area (Å²) in [4.78, 5) is 4.54. The van der Waals surface area contributed by atoms with E-state index in [2.05, 4.69) is 113 Å². The molecule has 1 atom stereocenters. The number of nitrogens with zero attached hydrogens (tertiary/aromatic N) is 3. The zero-order valence-electron chi connectivity index (χ0n) is 23.5. The van der Waals surface area contributed by atoms with E-state index in [-0.39, 0.29) is 11.5 Å². The van der Waals surface area contributed by atoms with Gasteiger partial charge in [0.05, 0.1) is 33.5 Å². The molecule has 0 radical (unpaired) electrons. The van der Waals surface area contributed by atoms with E-state index in [1.165, 1.54) is 12.8 Å². The van der Waals surface area contributed by atoms with E-state index in [1.54, 1.807) is 6.20 Å². The molecule has 1 aliphatic heterocycles. The molecule has 0 amide bonds. The molecule has 8 heteroatoms. The Labute approximate surface area is 246 Å². The van der Waals surface area contributed by atoms with Crippen LogP contribution in [-0.2, 0) is 0 Å². The van der Waals surface area contributed by atoms with Crippen LogP contribution < -0.4 is 21.6 Å². The van der Waals surface area contributed by atoms with E-state index >= 15 is 0 Å². The normalized spacial score (nSPS) is 15.7. The lowest BCUT2D eigenvalue weighted by Gasteiger charge is -2.25. The van der Waals surface area contributed by atoms with Gasteiger partial charge in [-0.05, 0) is 47.1 Å². The second-order valence-electron chi connectivity index (χ2n) is 11.9. The fourth-order valence-electron chi connectivity index (χ4n) is 5.13. The van der Waals surface area contributed by atoms with Crippen LogP contribution >= 0.6 is 11.6 Å². The zero-order valence-corrected chi connectivity index (χ0v) is 24.3. The summed E-state index contributed by atoms with van der Waals surface area (Å²) >= 11 is 6.85. The van der Waals surface area contributed by atoms with Crippen molar-refractivity contribution in [3.63, 3.8) is 0 Å². The first kappa shape index (κ1) is 26.9. The zero-order chi connectivity index (χ0) is 28.6. The van der Waals surface area contributed by atoms with Gasteiger partial charge in [0, 0.05) is 36.1 Å². The molecule has 41 heavy (non-hydrogen) atoms. The van der Waals surface area contributed by atoms with Crippen molar-refractivity contribution in [2.24, 2.45) is 5.41 Å². The molecule has 2 aliphatic rings. The number of nitrogens with one attached hydrogen (secondary N) is 4. The van der Waals surface area contributed by atoms with Crippen molar-refractivity contribution in [3.05, 3.63) is 101 Å². The summed E-state index contributed by atoms with van der Waals surface area (Å²) in [5.74, 6) is 0. The third-order valence-corrected chi connectivity index (χ3v) is 7.66. The van der Waals surface area contributed by atoms with Gasteiger partial charge in [-0.2, -0.15) is 5.26 Å². The fraction of sp³-hybridized carbons (Fsp3) is 0.273. The van der Waals surface area contributed by atoms with Gasteiger partial charge in [0.1, 0.15) is 6.07 Å². The number of anilines is 2. The number of pyridine rings is 1. The molecule has 2 heterocycles. The summed E-state index contributed by atoms with van der Waals surface area (Å²) < 4.78 is 0. The Morgan fingerprint density at radius 3 is 2.59 bits per heavy atom. The first-order chi connectivity index (χ1) is 19.8. The number of rotatable bonds is 8. The van der Waals surface area contributed by atoms with Crippen molar-refractivity contribution >= 4 is 33.9 Å². The molecule has 4 N–H and O–H groups in total. The molecule has 1 saturated carbocycles. The maximum absolute atomic E-state index is 9.89. The van der Waals surface area contributed by atoms with Gasteiger partial charge in [0.25, 0.3) is 0 Å². The number of hydrazine groups is 2. The highest BCUT2D eigenvalue weighted by Gasteiger charge is 2.33. The molecule has 7 nitrogen and oxygen atoms in total. The highest BCUT2D eigenvalue weighted by molar-refractivity contribution is 6.35. The summed E-state index contributed by atoms with van der Waals surface area (Å²) in [6.45, 7) is 7.17. The number of nitriles is 1. The minimum absolute atomic E-state index is 0.0231. The molecule has 0 spiro atoms. The third-order valence-electron chi connectivity index (χ3n) is 7.37. The first-order valence-electron chi connectivity index (χ1n) is 14.0. The number of hydrogen-bond acceptors (Lipinski definition) is 7. The maximum atomic E-state index is 9.89. The molecule has 3 aromatic carbocycles. The molecule has 1 aliphatic carbocycles. The second-order valence-corrected chi connectivity index (χ2v) is 12.3. The first-order valence-corrected chi connectivity index (χ1v) is 14.4. The number of halogens is 1. The van der Waals surface area contributed by atoms with Gasteiger partial charge >= 0.3 is 0 Å². The standard InChI is InChI=1S/C33H34ClN7/c1-33(2,3)20-37-30-22(17-35)18-36-31-27(30)15-23(16-28(31)34)38-32(29-19-41(40-39-29)24-13-14-24)26-12-8-7-11-25(26)21-9-5-4-6-10-21/h4-12,15-16,18-19,24,32,38-40H,13-14,20H2,1-3H3,(H,36,37)/t32-/m0/s1. The summed E-state index contributed by atoms with van der Waals surface area (Å²) in [6, 6.07) is 25.4. The quantitative estimate of drug-likeness (QED) is 0.178. The second kappa shape index (κ2) is 11.0. The number of aromatic nitrogens is 1. The molecule has 6 rings (SSSR count). The molecule has 208 valence electrons. The Hall–Kier alpha value is -4.25. The highest BCUT2D eigenvalue weighted by atomic mass is 35.5. The summed E-state index contributed by atoms with van der Waals surface area (Å²) in [5, 5.41) is 20.7. The summed E-state index contributed by atoms with van der Waals surface area (Å²) in [7, 11) is 0. The van der Waals surface area contributed by atoms with E-state index in [4.69, 9.17) is 11.6 Å². The lowest BCUT2D eigenvalue weighted by molar-refractivity contribution is 0.260. The fourth-order valence-corrected chi connectivity index (χ4v) is 5.40. The topological polar surface area (TPSA) is 88.0 Å². The Balaban J connectivity index is 1.45. The van der Waals surface area contributed by atoms with Crippen molar-refractivity contribution in [2.75, 3.05) is 17.2 Å². The molecular formula is C33H34ClN7. The van der Waals surface area contributed by atoms with Gasteiger partial charge in [-0.3, -0.25) is 9.99 Å². The van der Waals surface area contributed by atoms with Crippen molar-refractivity contribution in [1.82, 2.24) is 21.0 Å². The smallest absolute Gasteiger partial charge is 0.103 e. The van der Waals surface area contributed by atoms with Crippen LogP contribution in [0.1, 0.15) is 50.8 Å². The van der Waals surface area contributed by atoms with Gasteiger partial charge in [0.15, 0.2) is 0 Å². The minimum atomic E-state index is -0.214. The van der Waals surface area contributed by atoms with Gasteiger partial charge in [-0.25, -0.2) is 0 Å². The minimum Gasteiger partial charge on any atom is -0.383 e. The molecule has 4 aromatic rings. The van der Waals surface area contributed by atoms with Crippen LogP contribution in [-0.4, -0.2) is 22.6 Å². The predicted octanol–water partition coefficient (Wildman–Crippen LogP) is 7.37. The maximum Gasteiger partial charge on any atom is 0.103 e. The predicted molar refractivity (Wildman–Crippen MR) is 167 cm³/mol. The van der Waals surface area contributed by atoms with Crippen molar-refractivity contribution in [1.29, 1.82) is 5.26 Å². The van der Waals surface area contributed by atoms with Gasteiger partial charge in [-0.1, -0.05) is 87.0 Å². The number of benzene rings is 3. The van der Waals surface area contributed by atoms with Gasteiger partial charge in [-0.15, -0.1) is 5.53 Å². The lowest BCUT2D eigenvalue weighted by atomic mass is 9.93. The Kier molecular flexibility index (Phi) is 7.21. The summed E-state index contributed by atoms with van der Waals surface area (Å²) in [5.41, 5.74) is 13.9. The number of hydrogen-bond donors (Lipinski definition) is 4. The van der Waals surface area contributed by atoms with Crippen LogP contribution in [0.5, 0.6) is 0 Å². The molecule has 0 bridgehead atoms. The largest absolute Gasteiger partial charge is 0.383 e. The van der Waals surface area contributed by atoms with E-state index < -0.39 is 0 Å². The van der Waals surface area contributed by atoms with Crippen LogP contribution in [0, 0.1) is 16.7 Å². The molecular weight excluding hydrogens is 530 g/mol. The Morgan fingerprint density at radius 1 is 1.10 bits per heavy atom. The van der Waals surface area contributed by atoms with Crippen molar-refractivity contribution in [3.8, 4) is 17.2 Å². The molecule has 1 fully saturated rings. The van der Waals surface area contributed by atoms with E-state index in [1.807, 2.05) is 18.2 Å². The molecule has 0 unspecified atom stereocenters. The van der Waals surface area contributed by atoms with Gasteiger partial charge < -0.3 is 16.1 Å². The van der Waals surface area contributed by atoms with Crippen LogP contribution in [0.3, 0.4) is 0 Å². The SMILES string of the molecule is CC(C)(C)CNc1c(C#N)cnc2c(Cl)cc(N[C@H](C3=CN(C4CC4)NN3)c3ccccc3-c3ccccc3)cc12. The highest BCUT2D eigenvalue weighted by Crippen LogP contribution is 2.39. The van der Waals surface area contributed by atoms with E-state index in [0.717, 1.165) is 39.1 Å². The molecule has 0 saturated heterocycles. The average molecular weight is 564 g/mol. The molecule has 1 aromatic heterocycles. The Morgan fingerprint density at radius 2 is 1.85 bits per heavy atom. The van der Waals surface area contributed by atoms with Gasteiger partial charge in [0.2, 0.25) is 0 Å². The van der Waals surface area contributed by atoms with Crippen LogP contribution in [0.4, 0.5) is 11.4 Å². The van der Waals surface area contributed by atoms with E-state index in [9.17, 15) is 5.26 Å².